The molecule has 1 aliphatic heterocycles. The van der Waals surface area contributed by atoms with Crippen molar-refractivity contribution in [1.82, 2.24) is 0 Å². The van der Waals surface area contributed by atoms with E-state index in [1.807, 2.05) is 12.1 Å². The van der Waals surface area contributed by atoms with Crippen molar-refractivity contribution in [3.05, 3.63) is 29.8 Å². The molecule has 0 spiro atoms. The Hall–Kier alpha value is -2.04. The van der Waals surface area contributed by atoms with Crippen molar-refractivity contribution < 1.29 is 19.7 Å². The minimum atomic E-state index is -0.952. The third-order valence-electron chi connectivity index (χ3n) is 2.52. The Morgan fingerprint density at radius 1 is 1.47 bits per heavy atom. The van der Waals surface area contributed by atoms with E-state index in [2.05, 4.69) is 4.99 Å². The van der Waals surface area contributed by atoms with Crippen LogP contribution in [0.25, 0.3) is 0 Å². The summed E-state index contributed by atoms with van der Waals surface area (Å²) in [7, 11) is 0. The summed E-state index contributed by atoms with van der Waals surface area (Å²) < 4.78 is 5.18. The minimum Gasteiger partial charge on any atom is -0.508 e. The molecule has 5 nitrogen and oxygen atoms in total. The molecule has 0 saturated carbocycles. The summed E-state index contributed by atoms with van der Waals surface area (Å²) in [6.45, 7) is 0.372. The monoisotopic (exact) mass is 235 g/mol. The van der Waals surface area contributed by atoms with E-state index in [0.717, 1.165) is 5.56 Å². The number of benzene rings is 1. The van der Waals surface area contributed by atoms with Crippen molar-refractivity contribution in [2.75, 3.05) is 6.61 Å². The van der Waals surface area contributed by atoms with Gasteiger partial charge in [0.1, 0.15) is 18.8 Å². The molecule has 0 amide bonds. The second-order valence-electron chi connectivity index (χ2n) is 3.89. The molecule has 0 bridgehead atoms. The molecule has 0 aromatic heterocycles. The van der Waals surface area contributed by atoms with Gasteiger partial charge in [-0.1, -0.05) is 18.2 Å². The lowest BCUT2D eigenvalue weighted by molar-refractivity contribution is -0.135. The molecule has 1 atom stereocenters. The largest absolute Gasteiger partial charge is 0.508 e. The fourth-order valence-corrected chi connectivity index (χ4v) is 1.74. The standard InChI is InChI=1S/C12H13NO4/c14-10-4-2-1-3-8(10)5-9-7-17-11(13-9)6-12(15)16/h1-4,9,14H,5-7H2,(H,15,16). The van der Waals surface area contributed by atoms with E-state index in [1.165, 1.54) is 0 Å². The molecule has 17 heavy (non-hydrogen) atoms. The molecule has 0 fully saturated rings. The molecule has 5 heteroatoms. The van der Waals surface area contributed by atoms with Crippen molar-refractivity contribution in [1.29, 1.82) is 0 Å². The highest BCUT2D eigenvalue weighted by atomic mass is 16.5. The van der Waals surface area contributed by atoms with Crippen molar-refractivity contribution in [2.24, 2.45) is 4.99 Å². The van der Waals surface area contributed by atoms with Crippen LogP contribution in [0.4, 0.5) is 0 Å². The third-order valence-corrected chi connectivity index (χ3v) is 2.52. The van der Waals surface area contributed by atoms with Gasteiger partial charge >= 0.3 is 5.97 Å². The van der Waals surface area contributed by atoms with Crippen molar-refractivity contribution in [3.8, 4) is 5.75 Å². The van der Waals surface area contributed by atoms with E-state index >= 15 is 0 Å². The molecule has 2 rings (SSSR count). The highest BCUT2D eigenvalue weighted by Crippen LogP contribution is 2.20. The average Bonchev–Trinajstić information content (AvgIpc) is 2.68. The number of ether oxygens (including phenoxy) is 1. The van der Waals surface area contributed by atoms with Crippen LogP contribution in [0.15, 0.2) is 29.3 Å². The van der Waals surface area contributed by atoms with Crippen molar-refractivity contribution in [2.45, 2.75) is 18.9 Å². The van der Waals surface area contributed by atoms with Crippen LogP contribution in [-0.4, -0.2) is 34.7 Å². The zero-order valence-corrected chi connectivity index (χ0v) is 9.17. The average molecular weight is 235 g/mol. The fraction of sp³-hybridized carbons (Fsp3) is 0.333. The minimum absolute atomic E-state index is 0.113. The summed E-state index contributed by atoms with van der Waals surface area (Å²) in [4.78, 5) is 14.6. The predicted molar refractivity (Wildman–Crippen MR) is 61.2 cm³/mol. The molecular formula is C12H13NO4. The summed E-state index contributed by atoms with van der Waals surface area (Å²) in [6.07, 6.45) is 0.368. The number of rotatable bonds is 4. The van der Waals surface area contributed by atoms with Crippen molar-refractivity contribution >= 4 is 11.9 Å². The van der Waals surface area contributed by atoms with Gasteiger partial charge in [0.25, 0.3) is 0 Å². The zero-order valence-electron chi connectivity index (χ0n) is 9.17. The normalized spacial score (nSPS) is 18.6. The maximum Gasteiger partial charge on any atom is 0.312 e. The smallest absolute Gasteiger partial charge is 0.312 e. The van der Waals surface area contributed by atoms with Gasteiger partial charge in [-0.05, 0) is 11.6 Å². The lowest BCUT2D eigenvalue weighted by Crippen LogP contribution is -2.10. The molecule has 1 unspecified atom stereocenters. The molecular weight excluding hydrogens is 222 g/mol. The maximum atomic E-state index is 10.5. The highest BCUT2D eigenvalue weighted by molar-refractivity contribution is 5.94. The van der Waals surface area contributed by atoms with E-state index in [4.69, 9.17) is 9.84 Å². The number of phenolic OH excluding ortho intramolecular Hbond substituents is 1. The summed E-state index contributed by atoms with van der Waals surface area (Å²) >= 11 is 0. The fourth-order valence-electron chi connectivity index (χ4n) is 1.74. The summed E-state index contributed by atoms with van der Waals surface area (Å²) in [5.41, 5.74) is 0.793. The van der Waals surface area contributed by atoms with Crippen molar-refractivity contribution in [3.63, 3.8) is 0 Å². The van der Waals surface area contributed by atoms with E-state index in [0.29, 0.717) is 13.0 Å². The van der Waals surface area contributed by atoms with Gasteiger partial charge in [0.2, 0.25) is 0 Å². The lowest BCUT2D eigenvalue weighted by Gasteiger charge is -2.06. The number of para-hydroxylation sites is 1. The summed E-state index contributed by atoms with van der Waals surface area (Å²) in [6, 6.07) is 6.92. The SMILES string of the molecule is O=C(O)CC1=NC(Cc2ccccc2O)CO1. The van der Waals surface area contributed by atoms with E-state index < -0.39 is 5.97 Å². The quantitative estimate of drug-likeness (QED) is 0.822. The van der Waals surface area contributed by atoms with Crippen LogP contribution >= 0.6 is 0 Å². The van der Waals surface area contributed by atoms with E-state index in [9.17, 15) is 9.90 Å². The first-order chi connectivity index (χ1) is 8.15. The van der Waals surface area contributed by atoms with Gasteiger partial charge < -0.3 is 14.9 Å². The zero-order chi connectivity index (χ0) is 12.3. The predicted octanol–water partition coefficient (Wildman–Crippen LogP) is 1.21. The highest BCUT2D eigenvalue weighted by Gasteiger charge is 2.21. The molecule has 1 heterocycles. The Bertz CT molecular complexity index is 456. The Labute approximate surface area is 98.4 Å². The van der Waals surface area contributed by atoms with Crippen LogP contribution in [0.1, 0.15) is 12.0 Å². The van der Waals surface area contributed by atoms with Crippen LogP contribution < -0.4 is 0 Å². The number of aliphatic carboxylic acids is 1. The molecule has 1 aromatic carbocycles. The van der Waals surface area contributed by atoms with Crippen LogP contribution in [0.3, 0.4) is 0 Å². The van der Waals surface area contributed by atoms with E-state index in [-0.39, 0.29) is 24.1 Å². The number of aromatic hydroxyl groups is 1. The second kappa shape index (κ2) is 4.86. The van der Waals surface area contributed by atoms with Crippen LogP contribution in [-0.2, 0) is 16.0 Å². The number of nitrogens with zero attached hydrogens (tertiary/aromatic N) is 1. The summed E-state index contributed by atoms with van der Waals surface area (Å²) in [5.74, 6) is -0.459. The van der Waals surface area contributed by atoms with Gasteiger partial charge in [-0.2, -0.15) is 0 Å². The Morgan fingerprint density at radius 2 is 2.24 bits per heavy atom. The topological polar surface area (TPSA) is 79.1 Å². The number of hydrogen-bond donors (Lipinski definition) is 2. The first kappa shape index (κ1) is 11.4. The number of carboxylic acids is 1. The van der Waals surface area contributed by atoms with Gasteiger partial charge in [0.15, 0.2) is 5.90 Å². The molecule has 1 aromatic rings. The number of carboxylic acid groups (broad SMARTS) is 1. The molecule has 1 aliphatic rings. The second-order valence-corrected chi connectivity index (χ2v) is 3.89. The third kappa shape index (κ3) is 2.96. The first-order valence-electron chi connectivity index (χ1n) is 5.33. The molecule has 0 saturated heterocycles. The maximum absolute atomic E-state index is 10.5. The lowest BCUT2D eigenvalue weighted by atomic mass is 10.1. The van der Waals surface area contributed by atoms with Gasteiger partial charge in [-0.15, -0.1) is 0 Å². The number of phenols is 1. The van der Waals surface area contributed by atoms with E-state index in [1.54, 1.807) is 12.1 Å². The van der Waals surface area contributed by atoms with Crippen LogP contribution in [0.2, 0.25) is 0 Å². The molecule has 2 N–H and O–H groups in total. The number of aliphatic imine (C=N–C) groups is 1. The molecule has 0 aliphatic carbocycles. The first-order valence-corrected chi connectivity index (χ1v) is 5.33. The number of hydrogen-bond acceptors (Lipinski definition) is 4. The Morgan fingerprint density at radius 3 is 2.94 bits per heavy atom. The summed E-state index contributed by atoms with van der Waals surface area (Å²) in [5, 5.41) is 18.2. The van der Waals surface area contributed by atoms with Gasteiger partial charge in [-0.3, -0.25) is 4.79 Å². The van der Waals surface area contributed by atoms with Gasteiger partial charge in [0, 0.05) is 6.42 Å². The molecule has 0 radical (unpaired) electrons. The van der Waals surface area contributed by atoms with Crippen LogP contribution in [0.5, 0.6) is 5.75 Å². The van der Waals surface area contributed by atoms with Gasteiger partial charge in [-0.25, -0.2) is 4.99 Å². The van der Waals surface area contributed by atoms with Crippen LogP contribution in [0, 0.1) is 0 Å². The number of carbonyl (C=O) groups is 1. The Balaban J connectivity index is 2.00. The van der Waals surface area contributed by atoms with Gasteiger partial charge in [0.05, 0.1) is 6.04 Å². The Kier molecular flexibility index (Phi) is 3.27. The molecule has 90 valence electrons.